The highest BCUT2D eigenvalue weighted by molar-refractivity contribution is 9.10. The van der Waals surface area contributed by atoms with Crippen molar-refractivity contribution in [2.24, 2.45) is 5.92 Å². The number of halogens is 1. The molecule has 1 saturated heterocycles. The summed E-state index contributed by atoms with van der Waals surface area (Å²) in [5.74, 6) is -0.788. The van der Waals surface area contributed by atoms with E-state index in [0.29, 0.717) is 4.47 Å². The van der Waals surface area contributed by atoms with E-state index in [1.165, 1.54) is 15.3 Å². The molecule has 130 valence electrons. The highest BCUT2D eigenvalue weighted by Gasteiger charge is 2.54. The molecule has 0 bridgehead atoms. The highest BCUT2D eigenvalue weighted by atomic mass is 79.9. The second-order valence-corrected chi connectivity index (χ2v) is 8.74. The average molecular weight is 418 g/mol. The molecule has 0 spiro atoms. The number of rotatable bonds is 4. The van der Waals surface area contributed by atoms with Gasteiger partial charge in [0.2, 0.25) is 22.0 Å². The first kappa shape index (κ1) is 17.3. The Bertz CT molecular complexity index is 776. The predicted molar refractivity (Wildman–Crippen MR) is 88.4 cm³/mol. The average Bonchev–Trinajstić information content (AvgIpc) is 3.35. The minimum absolute atomic E-state index is 0.191. The number of carbonyl (C=O) groups is 1. The van der Waals surface area contributed by atoms with Gasteiger partial charge in [0.15, 0.2) is 0 Å². The van der Waals surface area contributed by atoms with Crippen LogP contribution >= 0.6 is 15.9 Å². The largest absolute Gasteiger partial charge is 0.340 e. The topological polar surface area (TPSA) is 101 Å². The molecule has 1 saturated carbocycles. The van der Waals surface area contributed by atoms with Crippen LogP contribution in [0.1, 0.15) is 6.42 Å². The number of nitrogens with zero attached hydrogens (tertiary/aromatic N) is 3. The lowest BCUT2D eigenvalue weighted by molar-refractivity contribution is -0.497. The maximum Gasteiger partial charge on any atom is 0.243 e. The molecule has 1 aliphatic heterocycles. The van der Waals surface area contributed by atoms with Gasteiger partial charge in [-0.3, -0.25) is 14.9 Å². The van der Waals surface area contributed by atoms with Crippen LogP contribution in [0.5, 0.6) is 0 Å². The van der Waals surface area contributed by atoms with Crippen molar-refractivity contribution in [2.45, 2.75) is 17.4 Å². The van der Waals surface area contributed by atoms with E-state index in [9.17, 15) is 23.3 Å². The molecule has 1 aromatic carbocycles. The lowest BCUT2D eigenvalue weighted by Gasteiger charge is -2.34. The van der Waals surface area contributed by atoms with E-state index in [2.05, 4.69) is 15.9 Å². The van der Waals surface area contributed by atoms with Gasteiger partial charge in [-0.25, -0.2) is 8.42 Å². The van der Waals surface area contributed by atoms with Crippen LogP contribution in [0.15, 0.2) is 33.6 Å². The molecule has 0 radical (unpaired) electrons. The van der Waals surface area contributed by atoms with Crippen LogP contribution in [-0.2, 0) is 14.8 Å². The number of sulfonamides is 1. The fraction of sp³-hybridized carbons (Fsp3) is 0.500. The number of carbonyl (C=O) groups excluding carboxylic acids is 1. The Hall–Kier alpha value is -1.52. The molecule has 1 aliphatic carbocycles. The summed E-state index contributed by atoms with van der Waals surface area (Å²) >= 11 is 3.26. The number of amides is 1. The minimum atomic E-state index is -3.61. The van der Waals surface area contributed by atoms with Crippen molar-refractivity contribution in [1.29, 1.82) is 0 Å². The van der Waals surface area contributed by atoms with Gasteiger partial charge >= 0.3 is 0 Å². The molecule has 1 heterocycles. The van der Waals surface area contributed by atoms with Crippen molar-refractivity contribution >= 4 is 31.9 Å². The fourth-order valence-electron chi connectivity index (χ4n) is 2.84. The fourth-order valence-corrected chi connectivity index (χ4v) is 4.86. The first-order chi connectivity index (χ1) is 11.3. The van der Waals surface area contributed by atoms with Crippen LogP contribution in [0.25, 0.3) is 0 Å². The normalized spacial score (nSPS) is 24.6. The zero-order valence-corrected chi connectivity index (χ0v) is 15.1. The van der Waals surface area contributed by atoms with Crippen molar-refractivity contribution < 1.29 is 18.1 Å². The molecular formula is C14H16BrN3O5S. The van der Waals surface area contributed by atoms with Gasteiger partial charge in [0, 0.05) is 42.0 Å². The first-order valence-corrected chi connectivity index (χ1v) is 9.72. The van der Waals surface area contributed by atoms with E-state index in [1.54, 1.807) is 18.2 Å². The number of piperazine rings is 1. The van der Waals surface area contributed by atoms with E-state index >= 15 is 0 Å². The summed E-state index contributed by atoms with van der Waals surface area (Å²) in [6.07, 6.45) is 0.280. The SMILES string of the molecule is O=C([C@H]1C[C@H]1[N+](=O)[O-])N1CCN(S(=O)(=O)c2cccc(Br)c2)CC1. The lowest BCUT2D eigenvalue weighted by Crippen LogP contribution is -2.51. The monoisotopic (exact) mass is 417 g/mol. The van der Waals surface area contributed by atoms with Crippen LogP contribution in [0.3, 0.4) is 0 Å². The van der Waals surface area contributed by atoms with E-state index < -0.39 is 26.9 Å². The Balaban J connectivity index is 1.63. The minimum Gasteiger partial charge on any atom is -0.340 e. The predicted octanol–water partition coefficient (Wildman–Crippen LogP) is 0.947. The number of benzene rings is 1. The number of hydrogen-bond donors (Lipinski definition) is 0. The van der Waals surface area contributed by atoms with Gasteiger partial charge in [0.05, 0.1) is 4.90 Å². The molecule has 10 heteroatoms. The smallest absolute Gasteiger partial charge is 0.243 e. The van der Waals surface area contributed by atoms with E-state index in [1.807, 2.05) is 0 Å². The Labute approximate surface area is 147 Å². The number of nitro groups is 1. The second-order valence-electron chi connectivity index (χ2n) is 5.88. The van der Waals surface area contributed by atoms with E-state index in [-0.39, 0.29) is 43.4 Å². The third kappa shape index (κ3) is 3.31. The van der Waals surface area contributed by atoms with Crippen molar-refractivity contribution in [3.63, 3.8) is 0 Å². The maximum atomic E-state index is 12.6. The summed E-state index contributed by atoms with van der Waals surface area (Å²) < 4.78 is 27.3. The Morgan fingerprint density at radius 3 is 2.46 bits per heavy atom. The molecule has 1 amide bonds. The summed E-state index contributed by atoms with van der Waals surface area (Å²) in [4.78, 5) is 24.2. The van der Waals surface area contributed by atoms with Gasteiger partial charge in [-0.1, -0.05) is 22.0 Å². The second kappa shape index (κ2) is 6.41. The van der Waals surface area contributed by atoms with Gasteiger partial charge < -0.3 is 4.90 Å². The molecule has 2 aliphatic rings. The molecular weight excluding hydrogens is 402 g/mol. The van der Waals surface area contributed by atoms with Crippen molar-refractivity contribution in [3.8, 4) is 0 Å². The molecule has 24 heavy (non-hydrogen) atoms. The maximum absolute atomic E-state index is 12.6. The van der Waals surface area contributed by atoms with Crippen molar-refractivity contribution in [1.82, 2.24) is 9.21 Å². The molecule has 1 aromatic rings. The van der Waals surface area contributed by atoms with E-state index in [4.69, 9.17) is 0 Å². The summed E-state index contributed by atoms with van der Waals surface area (Å²) in [7, 11) is -3.61. The summed E-state index contributed by atoms with van der Waals surface area (Å²) in [6, 6.07) is 5.70. The summed E-state index contributed by atoms with van der Waals surface area (Å²) in [5, 5.41) is 10.7. The molecule has 0 unspecified atom stereocenters. The van der Waals surface area contributed by atoms with Crippen molar-refractivity contribution in [3.05, 3.63) is 38.9 Å². The molecule has 3 rings (SSSR count). The van der Waals surface area contributed by atoms with Gasteiger partial charge in [0.1, 0.15) is 5.92 Å². The Morgan fingerprint density at radius 1 is 1.25 bits per heavy atom. The third-order valence-corrected chi connectivity index (χ3v) is 6.72. The Morgan fingerprint density at radius 2 is 1.92 bits per heavy atom. The summed E-state index contributed by atoms with van der Waals surface area (Å²) in [5.41, 5.74) is 0. The van der Waals surface area contributed by atoms with Gasteiger partial charge in [0.25, 0.3) is 0 Å². The molecule has 2 atom stereocenters. The third-order valence-electron chi connectivity index (χ3n) is 4.33. The molecule has 8 nitrogen and oxygen atoms in total. The zero-order valence-electron chi connectivity index (χ0n) is 12.7. The van der Waals surface area contributed by atoms with Crippen LogP contribution in [0.4, 0.5) is 0 Å². The van der Waals surface area contributed by atoms with Gasteiger partial charge in [-0.15, -0.1) is 0 Å². The van der Waals surface area contributed by atoms with Crippen LogP contribution in [0.2, 0.25) is 0 Å². The quantitative estimate of drug-likeness (QED) is 0.535. The van der Waals surface area contributed by atoms with Gasteiger partial charge in [-0.2, -0.15) is 4.31 Å². The van der Waals surface area contributed by atoms with Crippen molar-refractivity contribution in [2.75, 3.05) is 26.2 Å². The van der Waals surface area contributed by atoms with E-state index in [0.717, 1.165) is 0 Å². The van der Waals surface area contributed by atoms with Crippen LogP contribution in [0, 0.1) is 16.0 Å². The van der Waals surface area contributed by atoms with Crippen LogP contribution in [-0.4, -0.2) is 60.7 Å². The Kier molecular flexibility index (Phi) is 4.63. The lowest BCUT2D eigenvalue weighted by atomic mass is 10.3. The molecule has 0 N–H and O–H groups in total. The highest BCUT2D eigenvalue weighted by Crippen LogP contribution is 2.35. The number of hydrogen-bond acceptors (Lipinski definition) is 5. The molecule has 2 fully saturated rings. The van der Waals surface area contributed by atoms with Gasteiger partial charge in [-0.05, 0) is 18.2 Å². The standard InChI is InChI=1S/C14H16BrN3O5S/c15-10-2-1-3-11(8-10)24(22,23)17-6-4-16(5-7-17)14(19)12-9-13(12)18(20)21/h1-3,8,12-13H,4-7,9H2/t12-,13+/m0/s1. The molecule has 0 aromatic heterocycles. The first-order valence-electron chi connectivity index (χ1n) is 7.48. The zero-order chi connectivity index (χ0) is 17.5. The summed E-state index contributed by atoms with van der Waals surface area (Å²) in [6.45, 7) is 0.896. The van der Waals surface area contributed by atoms with Crippen LogP contribution < -0.4 is 0 Å².